The van der Waals surface area contributed by atoms with Gasteiger partial charge in [-0.05, 0) is 19.5 Å². The van der Waals surface area contributed by atoms with E-state index in [0.29, 0.717) is 24.5 Å². The van der Waals surface area contributed by atoms with Gasteiger partial charge < -0.3 is 9.88 Å². The van der Waals surface area contributed by atoms with E-state index in [1.807, 2.05) is 32.4 Å². The molecule has 0 bridgehead atoms. The average Bonchev–Trinajstić information content (AvgIpc) is 2.75. The first-order valence-electron chi connectivity index (χ1n) is 6.83. The first-order chi connectivity index (χ1) is 9.32. The van der Waals surface area contributed by atoms with Crippen LogP contribution in [0, 0.1) is 0 Å². The molecule has 1 N–H and O–H groups in total. The molecule has 1 aromatic heterocycles. The largest absolute Gasteiger partial charge is 0.352 e. The Morgan fingerprint density at radius 3 is 2.60 bits per heavy atom. The summed E-state index contributed by atoms with van der Waals surface area (Å²) in [4.78, 5) is 0.344. The van der Waals surface area contributed by atoms with Crippen molar-refractivity contribution >= 4 is 10.0 Å². The van der Waals surface area contributed by atoms with Crippen LogP contribution in [0.25, 0.3) is 0 Å². The van der Waals surface area contributed by atoms with Crippen LogP contribution in [0.5, 0.6) is 0 Å². The van der Waals surface area contributed by atoms with Crippen LogP contribution in [0.1, 0.15) is 26.5 Å². The van der Waals surface area contributed by atoms with Crippen LogP contribution < -0.4 is 5.32 Å². The van der Waals surface area contributed by atoms with Gasteiger partial charge in [-0.25, -0.2) is 8.42 Å². The molecule has 0 aliphatic heterocycles. The fourth-order valence-electron chi connectivity index (χ4n) is 1.96. The molecule has 0 aliphatic rings. The van der Waals surface area contributed by atoms with Gasteiger partial charge in [0.1, 0.15) is 4.90 Å². The van der Waals surface area contributed by atoms with Crippen LogP contribution in [0.15, 0.2) is 29.3 Å². The number of nitrogens with zero attached hydrogens (tertiary/aromatic N) is 2. The Morgan fingerprint density at radius 2 is 2.10 bits per heavy atom. The minimum Gasteiger partial charge on any atom is -0.352 e. The fourth-order valence-corrected chi connectivity index (χ4v) is 3.57. The number of aromatic nitrogens is 1. The molecule has 0 unspecified atom stereocenters. The zero-order valence-corrected chi connectivity index (χ0v) is 13.6. The second kappa shape index (κ2) is 7.06. The third-order valence-electron chi connectivity index (χ3n) is 3.08. The molecule has 0 atom stereocenters. The molecule has 0 saturated carbocycles. The quantitative estimate of drug-likeness (QED) is 0.744. The average molecular weight is 299 g/mol. The molecule has 20 heavy (non-hydrogen) atoms. The fraction of sp³-hybridized carbons (Fsp3) is 0.571. The summed E-state index contributed by atoms with van der Waals surface area (Å²) in [7, 11) is -1.59. The molecule has 1 rings (SSSR count). The van der Waals surface area contributed by atoms with Gasteiger partial charge >= 0.3 is 0 Å². The Hall–Kier alpha value is -1.11. The van der Waals surface area contributed by atoms with E-state index >= 15 is 0 Å². The molecule has 1 heterocycles. The van der Waals surface area contributed by atoms with Crippen molar-refractivity contribution in [2.75, 3.05) is 19.6 Å². The molecule has 0 fully saturated rings. The maximum Gasteiger partial charge on any atom is 0.244 e. The van der Waals surface area contributed by atoms with Crippen molar-refractivity contribution in [3.63, 3.8) is 0 Å². The number of hydrogen-bond acceptors (Lipinski definition) is 3. The lowest BCUT2D eigenvalue weighted by Gasteiger charge is -2.19. The van der Waals surface area contributed by atoms with Crippen LogP contribution in [0.2, 0.25) is 0 Å². The highest BCUT2D eigenvalue weighted by molar-refractivity contribution is 7.89. The molecule has 114 valence electrons. The van der Waals surface area contributed by atoms with Gasteiger partial charge in [0.25, 0.3) is 0 Å². The monoisotopic (exact) mass is 299 g/mol. The lowest BCUT2D eigenvalue weighted by atomic mass is 10.3. The number of nitrogens with one attached hydrogen (secondary N) is 1. The van der Waals surface area contributed by atoms with E-state index in [1.54, 1.807) is 12.3 Å². The first-order valence-corrected chi connectivity index (χ1v) is 8.27. The van der Waals surface area contributed by atoms with Crippen molar-refractivity contribution < 1.29 is 8.42 Å². The molecule has 0 aromatic carbocycles. The number of likely N-dealkylation sites (N-methyl/N-ethyl adjacent to an activating group) is 1. The van der Waals surface area contributed by atoms with Crippen LogP contribution in [0.4, 0.5) is 0 Å². The molecule has 5 nitrogen and oxygen atoms in total. The molecular weight excluding hydrogens is 274 g/mol. The molecule has 0 amide bonds. The van der Waals surface area contributed by atoms with Gasteiger partial charge in [0, 0.05) is 38.6 Å². The van der Waals surface area contributed by atoms with Crippen molar-refractivity contribution in [1.82, 2.24) is 14.2 Å². The normalized spacial score (nSPS) is 12.1. The molecule has 0 spiro atoms. The van der Waals surface area contributed by atoms with Gasteiger partial charge in [0.05, 0.1) is 0 Å². The Morgan fingerprint density at radius 1 is 1.45 bits per heavy atom. The summed E-state index contributed by atoms with van der Waals surface area (Å²) in [6, 6.07) is 1.74. The van der Waals surface area contributed by atoms with Gasteiger partial charge in [-0.1, -0.05) is 26.0 Å². The standard InChI is InChI=1S/C14H25N3O2S/c1-6-15-9-13-8-14(11-16(13)5)20(18,19)17(7-2)10-12(3)4/h8,11,15H,3,6-7,9-10H2,1-2,4-5H3. The van der Waals surface area contributed by atoms with E-state index in [4.69, 9.17) is 0 Å². The van der Waals surface area contributed by atoms with Crippen molar-refractivity contribution in [3.05, 3.63) is 30.1 Å². The van der Waals surface area contributed by atoms with Gasteiger partial charge in [-0.15, -0.1) is 0 Å². The zero-order chi connectivity index (χ0) is 15.3. The highest BCUT2D eigenvalue weighted by Gasteiger charge is 2.24. The third kappa shape index (κ3) is 3.94. The Bertz CT molecular complexity index is 561. The Kier molecular flexibility index (Phi) is 5.98. The molecular formula is C14H25N3O2S. The van der Waals surface area contributed by atoms with Gasteiger partial charge in [-0.3, -0.25) is 0 Å². The second-order valence-corrected chi connectivity index (χ2v) is 6.88. The summed E-state index contributed by atoms with van der Waals surface area (Å²) in [5.41, 5.74) is 1.79. The zero-order valence-electron chi connectivity index (χ0n) is 12.8. The summed E-state index contributed by atoms with van der Waals surface area (Å²) in [6.45, 7) is 11.8. The maximum absolute atomic E-state index is 12.6. The summed E-state index contributed by atoms with van der Waals surface area (Å²) in [5, 5.41) is 3.20. The van der Waals surface area contributed by atoms with Crippen molar-refractivity contribution in [1.29, 1.82) is 0 Å². The van der Waals surface area contributed by atoms with Crippen molar-refractivity contribution in [2.24, 2.45) is 7.05 Å². The lowest BCUT2D eigenvalue weighted by molar-refractivity contribution is 0.453. The van der Waals surface area contributed by atoms with E-state index in [1.165, 1.54) is 4.31 Å². The Balaban J connectivity index is 3.05. The van der Waals surface area contributed by atoms with E-state index < -0.39 is 10.0 Å². The van der Waals surface area contributed by atoms with Crippen molar-refractivity contribution in [2.45, 2.75) is 32.2 Å². The van der Waals surface area contributed by atoms with Crippen LogP contribution in [-0.2, 0) is 23.6 Å². The number of aryl methyl sites for hydroxylation is 1. The summed E-state index contributed by atoms with van der Waals surface area (Å²) in [6.07, 6.45) is 1.67. The first kappa shape index (κ1) is 16.9. The number of rotatable bonds is 8. The van der Waals surface area contributed by atoms with E-state index in [-0.39, 0.29) is 0 Å². The molecule has 0 radical (unpaired) electrons. The summed E-state index contributed by atoms with van der Waals surface area (Å²) in [5.74, 6) is 0. The van der Waals surface area contributed by atoms with Gasteiger partial charge in [0.15, 0.2) is 0 Å². The van der Waals surface area contributed by atoms with Crippen LogP contribution in [0.3, 0.4) is 0 Å². The third-order valence-corrected chi connectivity index (χ3v) is 4.96. The van der Waals surface area contributed by atoms with E-state index in [0.717, 1.165) is 17.8 Å². The minimum absolute atomic E-state index is 0.344. The highest BCUT2D eigenvalue weighted by atomic mass is 32.2. The number of hydrogen-bond donors (Lipinski definition) is 1. The van der Waals surface area contributed by atoms with Crippen LogP contribution in [-0.4, -0.2) is 36.9 Å². The van der Waals surface area contributed by atoms with Crippen LogP contribution >= 0.6 is 0 Å². The maximum atomic E-state index is 12.6. The SMILES string of the molecule is C=C(C)CN(CC)S(=O)(=O)c1cc(CNCC)n(C)c1. The molecule has 0 aliphatic carbocycles. The predicted molar refractivity (Wildman–Crippen MR) is 82.0 cm³/mol. The van der Waals surface area contributed by atoms with E-state index in [2.05, 4.69) is 11.9 Å². The highest BCUT2D eigenvalue weighted by Crippen LogP contribution is 2.19. The van der Waals surface area contributed by atoms with Gasteiger partial charge in [-0.2, -0.15) is 4.31 Å². The molecule has 6 heteroatoms. The topological polar surface area (TPSA) is 54.3 Å². The second-order valence-electron chi connectivity index (χ2n) is 4.95. The molecule has 1 aromatic rings. The summed E-state index contributed by atoms with van der Waals surface area (Å²) < 4.78 is 28.5. The molecule has 0 saturated heterocycles. The lowest BCUT2D eigenvalue weighted by Crippen LogP contribution is -2.32. The minimum atomic E-state index is -3.45. The number of sulfonamides is 1. The smallest absolute Gasteiger partial charge is 0.244 e. The predicted octanol–water partition coefficient (Wildman–Crippen LogP) is 1.72. The van der Waals surface area contributed by atoms with Crippen molar-refractivity contribution in [3.8, 4) is 0 Å². The Labute approximate surface area is 122 Å². The summed E-state index contributed by atoms with van der Waals surface area (Å²) >= 11 is 0. The van der Waals surface area contributed by atoms with Gasteiger partial charge in [0.2, 0.25) is 10.0 Å². The van der Waals surface area contributed by atoms with E-state index in [9.17, 15) is 8.42 Å².